The van der Waals surface area contributed by atoms with Crippen LogP contribution in [0.2, 0.25) is 0 Å². The lowest BCUT2D eigenvalue weighted by Gasteiger charge is -2.16. The minimum absolute atomic E-state index is 0.0333. The minimum atomic E-state index is -3.40. The third-order valence-corrected chi connectivity index (χ3v) is 5.24. The Hall–Kier alpha value is -1.47. The van der Waals surface area contributed by atoms with Crippen LogP contribution >= 0.6 is 0 Å². The van der Waals surface area contributed by atoms with Gasteiger partial charge in [0.1, 0.15) is 0 Å². The maximum Gasteiger partial charge on any atom is 0.306 e. The molecule has 116 valence electrons. The molecular formula is C14H20N2O4S. The number of hydrogen-bond donors (Lipinski definition) is 2. The maximum atomic E-state index is 12.0. The molecule has 1 aliphatic carbocycles. The Balaban J connectivity index is 1.82. The van der Waals surface area contributed by atoms with Gasteiger partial charge in [-0.05, 0) is 30.9 Å². The Morgan fingerprint density at radius 3 is 2.86 bits per heavy atom. The summed E-state index contributed by atoms with van der Waals surface area (Å²) in [6, 6.07) is 5.38. The molecule has 2 atom stereocenters. The van der Waals surface area contributed by atoms with E-state index in [1.165, 1.54) is 0 Å². The first-order chi connectivity index (χ1) is 9.98. The lowest BCUT2D eigenvalue weighted by molar-refractivity contribution is -0.142. The molecule has 1 aliphatic rings. The number of nitrogens with zero attached hydrogens (tertiary/aromatic N) is 1. The lowest BCUT2D eigenvalue weighted by atomic mass is 9.97. The molecule has 1 aromatic heterocycles. The fraction of sp³-hybridized carbons (Fsp3) is 0.571. The van der Waals surface area contributed by atoms with Crippen LogP contribution in [0.5, 0.6) is 0 Å². The van der Waals surface area contributed by atoms with Crippen molar-refractivity contribution in [2.45, 2.75) is 25.7 Å². The fourth-order valence-electron chi connectivity index (χ4n) is 2.70. The molecule has 0 aliphatic heterocycles. The molecule has 0 radical (unpaired) electrons. The van der Waals surface area contributed by atoms with Gasteiger partial charge in [0.05, 0.1) is 11.7 Å². The molecule has 21 heavy (non-hydrogen) atoms. The van der Waals surface area contributed by atoms with Crippen molar-refractivity contribution in [3.05, 3.63) is 30.1 Å². The van der Waals surface area contributed by atoms with Gasteiger partial charge in [0.2, 0.25) is 10.0 Å². The van der Waals surface area contributed by atoms with Gasteiger partial charge in [-0.15, -0.1) is 0 Å². The predicted octanol–water partition coefficient (Wildman–Crippen LogP) is 1.04. The largest absolute Gasteiger partial charge is 0.481 e. The summed E-state index contributed by atoms with van der Waals surface area (Å²) in [6.07, 6.45) is 4.22. The number of carboxylic acid groups (broad SMARTS) is 1. The van der Waals surface area contributed by atoms with E-state index in [1.807, 2.05) is 6.07 Å². The highest BCUT2D eigenvalue weighted by Crippen LogP contribution is 2.31. The summed E-state index contributed by atoms with van der Waals surface area (Å²) in [5.74, 6) is -1.39. The predicted molar refractivity (Wildman–Crippen MR) is 78.2 cm³/mol. The number of carboxylic acids is 1. The number of sulfonamides is 1. The normalized spacial score (nSPS) is 22.3. The van der Waals surface area contributed by atoms with E-state index in [-0.39, 0.29) is 18.2 Å². The van der Waals surface area contributed by atoms with Crippen molar-refractivity contribution in [1.82, 2.24) is 9.71 Å². The molecule has 6 nitrogen and oxygen atoms in total. The molecule has 2 unspecified atom stereocenters. The van der Waals surface area contributed by atoms with Gasteiger partial charge in [-0.1, -0.05) is 12.5 Å². The van der Waals surface area contributed by atoms with Gasteiger partial charge in [0.15, 0.2) is 0 Å². The number of aliphatic carboxylic acids is 1. The Kier molecular flexibility index (Phi) is 5.30. The quantitative estimate of drug-likeness (QED) is 0.784. The monoisotopic (exact) mass is 312 g/mol. The van der Waals surface area contributed by atoms with Gasteiger partial charge in [0.25, 0.3) is 0 Å². The lowest BCUT2D eigenvalue weighted by Crippen LogP contribution is -2.34. The zero-order valence-corrected chi connectivity index (χ0v) is 12.6. The Morgan fingerprint density at radius 2 is 2.19 bits per heavy atom. The third-order valence-electron chi connectivity index (χ3n) is 3.89. The average molecular weight is 312 g/mol. The summed E-state index contributed by atoms with van der Waals surface area (Å²) < 4.78 is 26.4. The maximum absolute atomic E-state index is 12.0. The molecule has 1 aromatic rings. The summed E-state index contributed by atoms with van der Waals surface area (Å²) in [7, 11) is -3.40. The van der Waals surface area contributed by atoms with Crippen molar-refractivity contribution in [3.8, 4) is 0 Å². The van der Waals surface area contributed by atoms with E-state index in [4.69, 9.17) is 5.11 Å². The van der Waals surface area contributed by atoms with Crippen molar-refractivity contribution in [1.29, 1.82) is 0 Å². The summed E-state index contributed by atoms with van der Waals surface area (Å²) >= 11 is 0. The van der Waals surface area contributed by atoms with E-state index in [1.54, 1.807) is 18.3 Å². The third kappa shape index (κ3) is 4.78. The van der Waals surface area contributed by atoms with E-state index in [0.29, 0.717) is 12.8 Å². The summed E-state index contributed by atoms with van der Waals surface area (Å²) in [5, 5.41) is 9.08. The van der Waals surface area contributed by atoms with Crippen molar-refractivity contribution in [2.24, 2.45) is 11.8 Å². The van der Waals surface area contributed by atoms with Crippen LogP contribution in [0.3, 0.4) is 0 Å². The van der Waals surface area contributed by atoms with Gasteiger partial charge < -0.3 is 5.11 Å². The highest BCUT2D eigenvalue weighted by Gasteiger charge is 2.33. The number of aryl methyl sites for hydroxylation is 1. The number of rotatable bonds is 7. The van der Waals surface area contributed by atoms with Crippen LogP contribution in [0, 0.1) is 11.8 Å². The number of hydrogen-bond acceptors (Lipinski definition) is 4. The highest BCUT2D eigenvalue weighted by atomic mass is 32.2. The molecule has 0 amide bonds. The highest BCUT2D eigenvalue weighted by molar-refractivity contribution is 7.89. The van der Waals surface area contributed by atoms with E-state index >= 15 is 0 Å². The van der Waals surface area contributed by atoms with Crippen molar-refractivity contribution in [3.63, 3.8) is 0 Å². The van der Waals surface area contributed by atoms with Crippen molar-refractivity contribution in [2.75, 3.05) is 12.3 Å². The van der Waals surface area contributed by atoms with Gasteiger partial charge >= 0.3 is 5.97 Å². The molecule has 0 saturated heterocycles. The smallest absolute Gasteiger partial charge is 0.306 e. The standard InChI is InChI=1S/C14H20N2O4S/c17-14(18)13-6-3-4-11(13)10-16-21(19,20)9-7-12-5-1-2-8-15-12/h1-2,5,8,11,13,16H,3-4,6-7,9-10H2,(H,17,18). The van der Waals surface area contributed by atoms with Crippen LogP contribution < -0.4 is 4.72 Å². The Bertz CT molecular complexity index is 574. The van der Waals surface area contributed by atoms with Gasteiger partial charge in [0, 0.05) is 24.9 Å². The fourth-order valence-corrected chi connectivity index (χ4v) is 3.79. The first kappa shape index (κ1) is 15.9. The summed E-state index contributed by atoms with van der Waals surface area (Å²) in [5.41, 5.74) is 0.729. The zero-order valence-electron chi connectivity index (χ0n) is 11.7. The first-order valence-electron chi connectivity index (χ1n) is 7.08. The van der Waals surface area contributed by atoms with E-state index < -0.39 is 21.9 Å². The van der Waals surface area contributed by atoms with Crippen LogP contribution in [0.15, 0.2) is 24.4 Å². The molecule has 1 heterocycles. The van der Waals surface area contributed by atoms with Gasteiger partial charge in [-0.2, -0.15) is 0 Å². The van der Waals surface area contributed by atoms with Crippen LogP contribution in [0.4, 0.5) is 0 Å². The molecule has 2 N–H and O–H groups in total. The Morgan fingerprint density at radius 1 is 1.38 bits per heavy atom. The summed E-state index contributed by atoms with van der Waals surface area (Å²) in [6.45, 7) is 0.210. The summed E-state index contributed by atoms with van der Waals surface area (Å²) in [4.78, 5) is 15.1. The molecule has 2 rings (SSSR count). The van der Waals surface area contributed by atoms with E-state index in [2.05, 4.69) is 9.71 Å². The van der Waals surface area contributed by atoms with E-state index in [9.17, 15) is 13.2 Å². The molecule has 1 fully saturated rings. The molecule has 0 bridgehead atoms. The second-order valence-electron chi connectivity index (χ2n) is 5.37. The SMILES string of the molecule is O=C(O)C1CCCC1CNS(=O)(=O)CCc1ccccn1. The number of nitrogens with one attached hydrogen (secondary N) is 1. The topological polar surface area (TPSA) is 96.4 Å². The number of pyridine rings is 1. The van der Waals surface area contributed by atoms with Crippen LogP contribution in [0.25, 0.3) is 0 Å². The van der Waals surface area contributed by atoms with E-state index in [0.717, 1.165) is 18.5 Å². The first-order valence-corrected chi connectivity index (χ1v) is 8.73. The average Bonchev–Trinajstić information content (AvgIpc) is 2.93. The molecule has 0 spiro atoms. The zero-order chi connectivity index (χ0) is 15.3. The molecule has 7 heteroatoms. The van der Waals surface area contributed by atoms with Crippen molar-refractivity contribution >= 4 is 16.0 Å². The second-order valence-corrected chi connectivity index (χ2v) is 7.30. The molecule has 1 saturated carbocycles. The van der Waals surface area contributed by atoms with Crippen LogP contribution in [0.1, 0.15) is 25.0 Å². The van der Waals surface area contributed by atoms with Crippen molar-refractivity contribution < 1.29 is 18.3 Å². The molecular weight excluding hydrogens is 292 g/mol. The number of aromatic nitrogens is 1. The van der Waals surface area contributed by atoms with Gasteiger partial charge in [-0.25, -0.2) is 13.1 Å². The van der Waals surface area contributed by atoms with Crippen LogP contribution in [-0.4, -0.2) is 36.8 Å². The molecule has 0 aromatic carbocycles. The van der Waals surface area contributed by atoms with Gasteiger partial charge in [-0.3, -0.25) is 9.78 Å². The number of carbonyl (C=O) groups is 1. The van der Waals surface area contributed by atoms with Crippen LogP contribution in [-0.2, 0) is 21.2 Å². The second kappa shape index (κ2) is 7.00. The minimum Gasteiger partial charge on any atom is -0.481 e. The Labute approximate surface area is 124 Å².